The van der Waals surface area contributed by atoms with Crippen molar-refractivity contribution in [3.8, 4) is 11.5 Å². The third-order valence-electron chi connectivity index (χ3n) is 4.67. The second kappa shape index (κ2) is 8.07. The van der Waals surface area contributed by atoms with E-state index in [1.165, 1.54) is 16.9 Å². The highest BCUT2D eigenvalue weighted by Crippen LogP contribution is 2.21. The summed E-state index contributed by atoms with van der Waals surface area (Å²) in [7, 11) is 0. The first kappa shape index (κ1) is 18.0. The number of aromatic nitrogens is 6. The van der Waals surface area contributed by atoms with Gasteiger partial charge in [-0.2, -0.15) is 10.1 Å². The number of hydrogen-bond acceptors (Lipinski definition) is 8. The smallest absolute Gasteiger partial charge is 0.267 e. The molecule has 0 saturated carbocycles. The van der Waals surface area contributed by atoms with Gasteiger partial charge in [-0.15, -0.1) is 0 Å². The lowest BCUT2D eigenvalue weighted by Gasteiger charge is -2.32. The van der Waals surface area contributed by atoms with E-state index in [-0.39, 0.29) is 23.9 Å². The van der Waals surface area contributed by atoms with Crippen LogP contribution in [0.25, 0.3) is 11.5 Å². The predicted molar refractivity (Wildman–Crippen MR) is 96.8 cm³/mol. The van der Waals surface area contributed by atoms with Gasteiger partial charge < -0.3 is 9.42 Å². The molecule has 144 valence electrons. The van der Waals surface area contributed by atoms with E-state index >= 15 is 0 Å². The number of carbonyl (C=O) groups is 1. The van der Waals surface area contributed by atoms with E-state index in [4.69, 9.17) is 4.52 Å². The van der Waals surface area contributed by atoms with Gasteiger partial charge in [0, 0.05) is 44.2 Å². The highest BCUT2D eigenvalue weighted by atomic mass is 16.5. The van der Waals surface area contributed by atoms with Gasteiger partial charge in [-0.3, -0.25) is 14.6 Å². The highest BCUT2D eigenvalue weighted by molar-refractivity contribution is 5.76. The molecule has 28 heavy (non-hydrogen) atoms. The Labute approximate surface area is 160 Å². The molecule has 0 spiro atoms. The van der Waals surface area contributed by atoms with Crippen LogP contribution >= 0.6 is 0 Å². The van der Waals surface area contributed by atoms with E-state index in [0.29, 0.717) is 36.9 Å². The molecule has 0 aromatic carbocycles. The van der Waals surface area contributed by atoms with Gasteiger partial charge in [0.2, 0.25) is 17.6 Å². The van der Waals surface area contributed by atoms with E-state index in [1.807, 2.05) is 0 Å². The maximum Gasteiger partial charge on any atom is 0.267 e. The van der Waals surface area contributed by atoms with Crippen molar-refractivity contribution in [3.05, 3.63) is 53.2 Å². The van der Waals surface area contributed by atoms with E-state index in [2.05, 4.69) is 25.2 Å². The average Bonchev–Trinajstić information content (AvgIpc) is 3.19. The molecule has 3 aromatic heterocycles. The fourth-order valence-corrected chi connectivity index (χ4v) is 3.30. The fourth-order valence-electron chi connectivity index (χ4n) is 3.30. The molecule has 0 unspecified atom stereocenters. The maximum absolute atomic E-state index is 12.6. The van der Waals surface area contributed by atoms with E-state index in [1.54, 1.807) is 29.6 Å². The number of hydrogen-bond donors (Lipinski definition) is 0. The molecule has 0 aliphatic carbocycles. The van der Waals surface area contributed by atoms with Gasteiger partial charge in [0.25, 0.3) is 5.56 Å². The highest BCUT2D eigenvalue weighted by Gasteiger charge is 2.26. The summed E-state index contributed by atoms with van der Waals surface area (Å²) in [5, 5.41) is 7.90. The fraction of sp³-hybridized carbons (Fsp3) is 0.389. The van der Waals surface area contributed by atoms with Crippen LogP contribution in [0.1, 0.15) is 18.7 Å². The Morgan fingerprint density at radius 2 is 2.21 bits per heavy atom. The molecular weight excluding hydrogens is 362 g/mol. The molecular formula is C18H19N7O3. The van der Waals surface area contributed by atoms with Gasteiger partial charge in [-0.1, -0.05) is 5.16 Å². The average molecular weight is 381 g/mol. The number of piperidine rings is 1. The van der Waals surface area contributed by atoms with Crippen LogP contribution < -0.4 is 5.56 Å². The quantitative estimate of drug-likeness (QED) is 0.629. The van der Waals surface area contributed by atoms with Gasteiger partial charge in [-0.05, 0) is 24.8 Å². The lowest BCUT2D eigenvalue weighted by molar-refractivity contribution is -0.134. The molecule has 10 nitrogen and oxygen atoms in total. The summed E-state index contributed by atoms with van der Waals surface area (Å²) in [4.78, 5) is 38.6. The Kier molecular flexibility index (Phi) is 5.18. The first-order valence-corrected chi connectivity index (χ1v) is 9.08. The molecule has 4 heterocycles. The Morgan fingerprint density at radius 3 is 3.04 bits per heavy atom. The molecule has 4 rings (SSSR count). The lowest BCUT2D eigenvalue weighted by Crippen LogP contribution is -2.43. The van der Waals surface area contributed by atoms with Gasteiger partial charge in [-0.25, -0.2) is 9.67 Å². The van der Waals surface area contributed by atoms with Crippen molar-refractivity contribution in [1.29, 1.82) is 0 Å². The minimum absolute atomic E-state index is 0.0518. The van der Waals surface area contributed by atoms with Crippen molar-refractivity contribution < 1.29 is 9.32 Å². The SMILES string of the molecule is O=C(Cn1ncccc1=O)N1CCC[C@@H](Cc2nc(-c3cnccn3)no2)C1. The van der Waals surface area contributed by atoms with Crippen LogP contribution in [-0.4, -0.2) is 53.8 Å². The van der Waals surface area contributed by atoms with Crippen LogP contribution in [0.4, 0.5) is 0 Å². The Hall–Kier alpha value is -3.43. The van der Waals surface area contributed by atoms with E-state index in [9.17, 15) is 9.59 Å². The molecule has 0 radical (unpaired) electrons. The van der Waals surface area contributed by atoms with Crippen LogP contribution in [0.15, 0.2) is 46.2 Å². The molecule has 1 fully saturated rings. The van der Waals surface area contributed by atoms with E-state index < -0.39 is 0 Å². The van der Waals surface area contributed by atoms with Crippen molar-refractivity contribution in [2.24, 2.45) is 5.92 Å². The topological polar surface area (TPSA) is 120 Å². The van der Waals surface area contributed by atoms with Gasteiger partial charge in [0.1, 0.15) is 12.2 Å². The zero-order valence-corrected chi connectivity index (χ0v) is 15.1. The maximum atomic E-state index is 12.6. The van der Waals surface area contributed by atoms with Crippen LogP contribution in [0.5, 0.6) is 0 Å². The summed E-state index contributed by atoms with van der Waals surface area (Å²) < 4.78 is 6.52. The Balaban J connectivity index is 1.38. The largest absolute Gasteiger partial charge is 0.341 e. The zero-order chi connectivity index (χ0) is 19.3. The second-order valence-corrected chi connectivity index (χ2v) is 6.67. The van der Waals surface area contributed by atoms with Crippen LogP contribution in [0, 0.1) is 5.92 Å². The van der Waals surface area contributed by atoms with Gasteiger partial charge >= 0.3 is 0 Å². The van der Waals surface area contributed by atoms with Crippen molar-refractivity contribution in [3.63, 3.8) is 0 Å². The number of carbonyl (C=O) groups excluding carboxylic acids is 1. The van der Waals surface area contributed by atoms with Crippen molar-refractivity contribution >= 4 is 5.91 Å². The summed E-state index contributed by atoms with van der Waals surface area (Å²) in [6.45, 7) is 1.21. The number of likely N-dealkylation sites (tertiary alicyclic amines) is 1. The molecule has 0 N–H and O–H groups in total. The standard InChI is InChI=1S/C18H19N7O3/c26-16-4-1-5-21-25(16)12-17(27)24-8-2-3-13(11-24)9-15-22-18(23-28-15)14-10-19-6-7-20-14/h1,4-7,10,13H,2-3,8-9,11-12H2/t13-/m0/s1. The van der Waals surface area contributed by atoms with Crippen LogP contribution in [0.2, 0.25) is 0 Å². The van der Waals surface area contributed by atoms with Gasteiger partial charge in [0.15, 0.2) is 0 Å². The molecule has 1 aliphatic rings. The molecule has 1 amide bonds. The lowest BCUT2D eigenvalue weighted by atomic mass is 9.94. The molecule has 10 heteroatoms. The Morgan fingerprint density at radius 1 is 1.29 bits per heavy atom. The number of nitrogens with zero attached hydrogens (tertiary/aromatic N) is 7. The molecule has 1 atom stereocenters. The summed E-state index contributed by atoms with van der Waals surface area (Å²) in [6.07, 6.45) is 8.67. The zero-order valence-electron chi connectivity index (χ0n) is 15.1. The number of amides is 1. The molecule has 1 saturated heterocycles. The predicted octanol–water partition coefficient (Wildman–Crippen LogP) is 0.565. The van der Waals surface area contributed by atoms with Gasteiger partial charge in [0.05, 0.1) is 6.20 Å². The third-order valence-corrected chi connectivity index (χ3v) is 4.67. The minimum atomic E-state index is -0.285. The first-order chi connectivity index (χ1) is 13.7. The number of rotatable bonds is 5. The van der Waals surface area contributed by atoms with E-state index in [0.717, 1.165) is 12.8 Å². The summed E-state index contributed by atoms with van der Waals surface area (Å²) in [6, 6.07) is 2.95. The Bertz CT molecular complexity index is 1000. The summed E-state index contributed by atoms with van der Waals surface area (Å²) in [5.41, 5.74) is 0.269. The van der Waals surface area contributed by atoms with Crippen LogP contribution in [0.3, 0.4) is 0 Å². The second-order valence-electron chi connectivity index (χ2n) is 6.67. The molecule has 0 bridgehead atoms. The summed E-state index contributed by atoms with van der Waals surface area (Å²) >= 11 is 0. The van der Waals surface area contributed by atoms with Crippen molar-refractivity contribution in [1.82, 2.24) is 34.8 Å². The monoisotopic (exact) mass is 381 g/mol. The minimum Gasteiger partial charge on any atom is -0.341 e. The normalized spacial score (nSPS) is 16.9. The molecule has 3 aromatic rings. The molecule has 1 aliphatic heterocycles. The summed E-state index contributed by atoms with van der Waals surface area (Å²) in [5.74, 6) is 1.02. The third kappa shape index (κ3) is 4.11. The van der Waals surface area contributed by atoms with Crippen molar-refractivity contribution in [2.45, 2.75) is 25.8 Å². The van der Waals surface area contributed by atoms with Crippen LogP contribution in [-0.2, 0) is 17.8 Å². The van der Waals surface area contributed by atoms with Crippen molar-refractivity contribution in [2.75, 3.05) is 13.1 Å². The first-order valence-electron chi connectivity index (χ1n) is 9.08.